The van der Waals surface area contributed by atoms with Gasteiger partial charge in [0.05, 0.1) is 13.2 Å². The van der Waals surface area contributed by atoms with Crippen LogP contribution in [0, 0.1) is 0 Å². The number of aliphatic hydroxyl groups is 3. The molecule has 1 rings (SSSR count). The molecule has 0 unspecified atom stereocenters. The van der Waals surface area contributed by atoms with Crippen LogP contribution in [0.1, 0.15) is 57.8 Å². The summed E-state index contributed by atoms with van der Waals surface area (Å²) in [6.45, 7) is -0.326. The van der Waals surface area contributed by atoms with Crippen molar-refractivity contribution >= 4 is 11.9 Å². The Kier molecular flexibility index (Phi) is 9.94. The Morgan fingerprint density at radius 2 is 1.64 bits per heavy atom. The number of aliphatic hydroxyl groups excluding tert-OH is 3. The van der Waals surface area contributed by atoms with E-state index in [9.17, 15) is 19.8 Å². The maximum absolute atomic E-state index is 11.3. The number of unbranched alkanes of at least 4 members (excludes halogenated alkanes) is 7. The van der Waals surface area contributed by atoms with Gasteiger partial charge in [0.1, 0.15) is 6.10 Å². The molecule has 0 bridgehead atoms. The van der Waals surface area contributed by atoms with Crippen LogP contribution in [0.15, 0.2) is 11.5 Å². The molecule has 0 radical (unpaired) electrons. The number of cyclic esters (lactones) is 1. The van der Waals surface area contributed by atoms with Gasteiger partial charge in [-0.1, -0.05) is 38.5 Å². The first-order valence-corrected chi connectivity index (χ1v) is 8.75. The highest BCUT2D eigenvalue weighted by molar-refractivity contribution is 5.89. The molecule has 0 aromatic carbocycles. The van der Waals surface area contributed by atoms with Gasteiger partial charge < -0.3 is 29.9 Å². The van der Waals surface area contributed by atoms with Gasteiger partial charge in [-0.25, -0.2) is 4.79 Å². The predicted octanol–water partition coefficient (Wildman–Crippen LogP) is 1.65. The van der Waals surface area contributed by atoms with Gasteiger partial charge in [-0.15, -0.1) is 0 Å². The van der Waals surface area contributed by atoms with Gasteiger partial charge in [0.2, 0.25) is 5.76 Å². The van der Waals surface area contributed by atoms with Crippen molar-refractivity contribution in [3.8, 4) is 0 Å². The highest BCUT2D eigenvalue weighted by Crippen LogP contribution is 2.25. The second kappa shape index (κ2) is 11.7. The number of ether oxygens (including phenoxy) is 2. The number of carbonyl (C=O) groups is 2. The Morgan fingerprint density at radius 1 is 1.08 bits per heavy atom. The first kappa shape index (κ1) is 21.2. The fourth-order valence-electron chi connectivity index (χ4n) is 2.58. The van der Waals surface area contributed by atoms with Crippen molar-refractivity contribution in [3.05, 3.63) is 11.5 Å². The van der Waals surface area contributed by atoms with Gasteiger partial charge in [-0.05, 0) is 12.8 Å². The van der Waals surface area contributed by atoms with Crippen molar-refractivity contribution in [1.82, 2.24) is 0 Å². The molecule has 0 amide bonds. The van der Waals surface area contributed by atoms with Gasteiger partial charge in [0.25, 0.3) is 0 Å². The lowest BCUT2D eigenvalue weighted by Crippen LogP contribution is -2.32. The lowest BCUT2D eigenvalue weighted by molar-refractivity contribution is -0.148. The van der Waals surface area contributed by atoms with Crippen molar-refractivity contribution in [2.45, 2.75) is 70.0 Å². The minimum Gasteiger partial charge on any atom is -0.499 e. The predicted molar refractivity (Wildman–Crippen MR) is 87.8 cm³/mol. The van der Waals surface area contributed by atoms with Crippen LogP contribution in [0.5, 0.6) is 0 Å². The minimum atomic E-state index is -1.33. The van der Waals surface area contributed by atoms with E-state index in [-0.39, 0.29) is 18.8 Å². The van der Waals surface area contributed by atoms with Crippen LogP contribution in [0.25, 0.3) is 0 Å². The van der Waals surface area contributed by atoms with E-state index in [4.69, 9.17) is 19.7 Å². The van der Waals surface area contributed by atoms with E-state index < -0.39 is 36.5 Å². The third-order valence-corrected chi connectivity index (χ3v) is 4.00. The minimum absolute atomic E-state index is 0.120. The molecular formula is C17H28O8. The Balaban J connectivity index is 2.09. The Bertz CT molecular complexity index is 460. The zero-order chi connectivity index (χ0) is 18.7. The average Bonchev–Trinajstić information content (AvgIpc) is 2.86. The monoisotopic (exact) mass is 360 g/mol. The van der Waals surface area contributed by atoms with Gasteiger partial charge in [0.15, 0.2) is 11.9 Å². The number of hydrogen-bond donors (Lipinski definition) is 4. The fourth-order valence-corrected chi connectivity index (χ4v) is 2.58. The number of carboxylic acid groups (broad SMARTS) is 1. The molecule has 1 aliphatic heterocycles. The molecule has 144 valence electrons. The first-order valence-electron chi connectivity index (χ1n) is 8.75. The van der Waals surface area contributed by atoms with E-state index in [1.807, 2.05) is 0 Å². The number of carbonyl (C=O) groups excluding carboxylic acids is 1. The quantitative estimate of drug-likeness (QED) is 0.271. The van der Waals surface area contributed by atoms with Crippen LogP contribution in [0.3, 0.4) is 0 Å². The highest BCUT2D eigenvalue weighted by atomic mass is 16.6. The molecule has 2 atom stereocenters. The second-order valence-corrected chi connectivity index (χ2v) is 6.11. The van der Waals surface area contributed by atoms with Crippen LogP contribution in [-0.2, 0) is 19.1 Å². The summed E-state index contributed by atoms with van der Waals surface area (Å²) >= 11 is 0. The summed E-state index contributed by atoms with van der Waals surface area (Å²) in [7, 11) is 0. The summed E-state index contributed by atoms with van der Waals surface area (Å²) in [6, 6.07) is 0. The summed E-state index contributed by atoms with van der Waals surface area (Å²) < 4.78 is 10.1. The zero-order valence-electron chi connectivity index (χ0n) is 14.4. The molecule has 4 N–H and O–H groups in total. The van der Waals surface area contributed by atoms with Crippen molar-refractivity contribution in [2.75, 3.05) is 13.2 Å². The molecule has 0 spiro atoms. The van der Waals surface area contributed by atoms with Gasteiger partial charge in [-0.2, -0.15) is 0 Å². The number of carboxylic acids is 1. The van der Waals surface area contributed by atoms with E-state index in [2.05, 4.69) is 0 Å². The van der Waals surface area contributed by atoms with Gasteiger partial charge in [0, 0.05) is 6.42 Å². The molecule has 0 aromatic heterocycles. The third kappa shape index (κ3) is 7.74. The molecule has 0 fully saturated rings. The second-order valence-electron chi connectivity index (χ2n) is 6.11. The molecular weight excluding hydrogens is 332 g/mol. The van der Waals surface area contributed by atoms with E-state index in [0.29, 0.717) is 0 Å². The van der Waals surface area contributed by atoms with Crippen LogP contribution < -0.4 is 0 Å². The lowest BCUT2D eigenvalue weighted by atomic mass is 10.1. The van der Waals surface area contributed by atoms with E-state index >= 15 is 0 Å². The number of hydrogen-bond acceptors (Lipinski definition) is 7. The molecule has 0 aliphatic carbocycles. The number of aliphatic carboxylic acids is 1. The number of esters is 1. The zero-order valence-corrected chi connectivity index (χ0v) is 14.4. The number of rotatable bonds is 14. The van der Waals surface area contributed by atoms with E-state index in [1.54, 1.807) is 0 Å². The normalized spacial score (nSPS) is 18.3. The smallest absolute Gasteiger partial charge is 0.378 e. The van der Waals surface area contributed by atoms with Crippen molar-refractivity contribution in [3.63, 3.8) is 0 Å². The Hall–Kier alpha value is -1.80. The summed E-state index contributed by atoms with van der Waals surface area (Å²) in [4.78, 5) is 21.7. The highest BCUT2D eigenvalue weighted by Gasteiger charge is 2.40. The van der Waals surface area contributed by atoms with Crippen LogP contribution in [0.2, 0.25) is 0 Å². The van der Waals surface area contributed by atoms with Crippen LogP contribution >= 0.6 is 0 Å². The Morgan fingerprint density at radius 3 is 2.20 bits per heavy atom. The summed E-state index contributed by atoms with van der Waals surface area (Å²) in [5.74, 6) is -2.48. The van der Waals surface area contributed by atoms with Gasteiger partial charge in [-0.3, -0.25) is 4.79 Å². The van der Waals surface area contributed by atoms with Gasteiger partial charge >= 0.3 is 11.9 Å². The molecule has 0 aromatic rings. The molecule has 0 saturated heterocycles. The molecule has 25 heavy (non-hydrogen) atoms. The fraction of sp³-hybridized carbons (Fsp3) is 0.765. The average molecular weight is 360 g/mol. The lowest BCUT2D eigenvalue weighted by Gasteiger charge is -2.18. The van der Waals surface area contributed by atoms with E-state index in [0.717, 1.165) is 51.4 Å². The maximum Gasteiger partial charge on any atom is 0.378 e. The topological polar surface area (TPSA) is 134 Å². The maximum atomic E-state index is 11.3. The third-order valence-electron chi connectivity index (χ3n) is 4.00. The van der Waals surface area contributed by atoms with Crippen LogP contribution in [-0.4, -0.2) is 57.8 Å². The van der Waals surface area contributed by atoms with Crippen molar-refractivity contribution in [2.24, 2.45) is 0 Å². The van der Waals surface area contributed by atoms with Crippen molar-refractivity contribution in [1.29, 1.82) is 0 Å². The standard InChI is InChI=1S/C17H28O8/c18-11-12(19)15-16(14(22)17(23)25-15)24-10-8-6-4-2-1-3-5-7-9-13(20)21/h12,15,18-19,22H,1-11H2,(H,20,21)/t12-,15+/m0/s1. The summed E-state index contributed by atoms with van der Waals surface area (Å²) in [6.07, 6.45) is 5.24. The summed E-state index contributed by atoms with van der Waals surface area (Å²) in [5.41, 5.74) is 0. The van der Waals surface area contributed by atoms with Crippen LogP contribution in [0.4, 0.5) is 0 Å². The van der Waals surface area contributed by atoms with Crippen molar-refractivity contribution < 1.29 is 39.5 Å². The first-order chi connectivity index (χ1) is 12.0. The Labute approximate surface area is 147 Å². The molecule has 8 heteroatoms. The summed E-state index contributed by atoms with van der Waals surface area (Å²) in [5, 5.41) is 36.6. The SMILES string of the molecule is O=C(O)CCCCCCCCCCOC1=C(O)C(=O)O[C@@H]1[C@@H](O)CO. The molecule has 0 saturated carbocycles. The molecule has 8 nitrogen and oxygen atoms in total. The molecule has 1 aliphatic rings. The molecule has 1 heterocycles. The van der Waals surface area contributed by atoms with E-state index in [1.165, 1.54) is 0 Å². The largest absolute Gasteiger partial charge is 0.499 e.